The van der Waals surface area contributed by atoms with Crippen LogP contribution in [0.5, 0.6) is 0 Å². The number of hydrogen-bond donors (Lipinski definition) is 2. The van der Waals surface area contributed by atoms with Crippen LogP contribution in [0.25, 0.3) is 0 Å². The fourth-order valence-corrected chi connectivity index (χ4v) is 2.73. The van der Waals surface area contributed by atoms with Gasteiger partial charge in [0.25, 0.3) is 0 Å². The first-order valence-corrected chi connectivity index (χ1v) is 6.35. The van der Waals surface area contributed by atoms with Crippen molar-refractivity contribution in [2.75, 3.05) is 26.2 Å². The van der Waals surface area contributed by atoms with Crippen LogP contribution in [0, 0.1) is 11.8 Å². The Hall–Kier alpha value is -0.610. The number of nitrogens with zero attached hydrogens (tertiary/aromatic N) is 1. The molecule has 0 spiro atoms. The van der Waals surface area contributed by atoms with E-state index >= 15 is 0 Å². The van der Waals surface area contributed by atoms with Crippen LogP contribution >= 0.6 is 0 Å². The quantitative estimate of drug-likeness (QED) is 0.708. The van der Waals surface area contributed by atoms with Crippen molar-refractivity contribution in [1.29, 1.82) is 0 Å². The van der Waals surface area contributed by atoms with Crippen LogP contribution in [0.15, 0.2) is 0 Å². The van der Waals surface area contributed by atoms with Crippen molar-refractivity contribution in [3.05, 3.63) is 0 Å². The van der Waals surface area contributed by atoms with Crippen LogP contribution in [-0.2, 0) is 4.79 Å². The first-order chi connectivity index (χ1) is 7.72. The van der Waals surface area contributed by atoms with Crippen molar-refractivity contribution in [3.8, 4) is 0 Å². The maximum atomic E-state index is 12.2. The summed E-state index contributed by atoms with van der Waals surface area (Å²) in [6.07, 6.45) is 3.29. The lowest BCUT2D eigenvalue weighted by Crippen LogP contribution is -2.48. The molecule has 4 nitrogen and oxygen atoms in total. The highest BCUT2D eigenvalue weighted by atomic mass is 16.3. The summed E-state index contributed by atoms with van der Waals surface area (Å²) in [4.78, 5) is 14.1. The van der Waals surface area contributed by atoms with Crippen LogP contribution in [0.1, 0.15) is 26.2 Å². The highest BCUT2D eigenvalue weighted by Crippen LogP contribution is 2.23. The molecule has 2 fully saturated rings. The molecule has 2 rings (SSSR count). The van der Waals surface area contributed by atoms with Gasteiger partial charge in [-0.05, 0) is 25.3 Å². The summed E-state index contributed by atoms with van der Waals surface area (Å²) < 4.78 is 0. The van der Waals surface area contributed by atoms with Crippen molar-refractivity contribution in [2.24, 2.45) is 11.8 Å². The molecule has 2 N–H and O–H groups in total. The minimum absolute atomic E-state index is 0.0263. The Morgan fingerprint density at radius 2 is 2.25 bits per heavy atom. The van der Waals surface area contributed by atoms with E-state index in [-0.39, 0.29) is 24.5 Å². The normalized spacial score (nSPS) is 35.4. The molecule has 0 aliphatic carbocycles. The largest absolute Gasteiger partial charge is 0.396 e. The molecule has 2 heterocycles. The van der Waals surface area contributed by atoms with Gasteiger partial charge in [-0.15, -0.1) is 0 Å². The standard InChI is InChI=1S/C12H22N2O2/c1-9-6-14(7-10(9)8-15)12(16)11-4-2-3-5-13-11/h9-11,13,15H,2-8H2,1H3/t9-,10+,11-/m1/s1. The van der Waals surface area contributed by atoms with Crippen molar-refractivity contribution < 1.29 is 9.90 Å². The van der Waals surface area contributed by atoms with Crippen molar-refractivity contribution in [1.82, 2.24) is 10.2 Å². The van der Waals surface area contributed by atoms with E-state index in [4.69, 9.17) is 0 Å². The number of nitrogens with one attached hydrogen (secondary N) is 1. The zero-order chi connectivity index (χ0) is 11.5. The van der Waals surface area contributed by atoms with Gasteiger partial charge >= 0.3 is 0 Å². The predicted molar refractivity (Wildman–Crippen MR) is 62.0 cm³/mol. The number of carbonyl (C=O) groups is 1. The van der Waals surface area contributed by atoms with Gasteiger partial charge in [0.15, 0.2) is 0 Å². The van der Waals surface area contributed by atoms with E-state index in [0.29, 0.717) is 5.92 Å². The average Bonchev–Trinajstić information content (AvgIpc) is 2.71. The lowest BCUT2D eigenvalue weighted by molar-refractivity contribution is -0.133. The summed E-state index contributed by atoms with van der Waals surface area (Å²) in [6, 6.07) is 0.0263. The molecule has 0 aromatic rings. The number of aliphatic hydroxyl groups excluding tert-OH is 1. The lowest BCUT2D eigenvalue weighted by Gasteiger charge is -2.27. The van der Waals surface area contributed by atoms with E-state index < -0.39 is 0 Å². The Morgan fingerprint density at radius 3 is 2.81 bits per heavy atom. The number of carbonyl (C=O) groups excluding carboxylic acids is 1. The lowest BCUT2D eigenvalue weighted by atomic mass is 10.00. The number of amides is 1. The number of aliphatic hydroxyl groups is 1. The molecule has 0 saturated carbocycles. The van der Waals surface area contributed by atoms with Gasteiger partial charge in [0, 0.05) is 25.6 Å². The minimum Gasteiger partial charge on any atom is -0.396 e. The van der Waals surface area contributed by atoms with Gasteiger partial charge in [-0.3, -0.25) is 4.79 Å². The van der Waals surface area contributed by atoms with E-state index in [0.717, 1.165) is 32.5 Å². The van der Waals surface area contributed by atoms with Crippen LogP contribution in [0.4, 0.5) is 0 Å². The zero-order valence-electron chi connectivity index (χ0n) is 9.98. The van der Waals surface area contributed by atoms with Crippen LogP contribution in [-0.4, -0.2) is 48.2 Å². The Labute approximate surface area is 97.0 Å². The maximum Gasteiger partial charge on any atom is 0.239 e. The van der Waals surface area contributed by atoms with Crippen molar-refractivity contribution >= 4 is 5.91 Å². The van der Waals surface area contributed by atoms with Crippen LogP contribution in [0.2, 0.25) is 0 Å². The van der Waals surface area contributed by atoms with Crippen molar-refractivity contribution in [2.45, 2.75) is 32.2 Å². The molecule has 2 saturated heterocycles. The number of likely N-dealkylation sites (tertiary alicyclic amines) is 1. The first-order valence-electron chi connectivity index (χ1n) is 6.35. The average molecular weight is 226 g/mol. The van der Waals surface area contributed by atoms with Gasteiger partial charge < -0.3 is 15.3 Å². The molecule has 92 valence electrons. The third-order valence-electron chi connectivity index (χ3n) is 3.92. The van der Waals surface area contributed by atoms with Gasteiger partial charge in [-0.25, -0.2) is 0 Å². The van der Waals surface area contributed by atoms with Crippen LogP contribution in [0.3, 0.4) is 0 Å². The summed E-state index contributed by atoms with van der Waals surface area (Å²) >= 11 is 0. The Morgan fingerprint density at radius 1 is 1.44 bits per heavy atom. The zero-order valence-corrected chi connectivity index (χ0v) is 9.98. The van der Waals surface area contributed by atoms with E-state index in [1.165, 1.54) is 6.42 Å². The molecule has 0 aromatic carbocycles. The summed E-state index contributed by atoms with van der Waals surface area (Å²) in [5.74, 6) is 0.938. The van der Waals surface area contributed by atoms with Gasteiger partial charge in [0.05, 0.1) is 6.04 Å². The molecule has 3 atom stereocenters. The highest BCUT2D eigenvalue weighted by molar-refractivity contribution is 5.82. The van der Waals surface area contributed by atoms with E-state index in [1.54, 1.807) is 0 Å². The monoisotopic (exact) mass is 226 g/mol. The molecule has 2 aliphatic rings. The molecule has 16 heavy (non-hydrogen) atoms. The molecule has 0 aromatic heterocycles. The number of hydrogen-bond acceptors (Lipinski definition) is 3. The second-order valence-electron chi connectivity index (χ2n) is 5.17. The first kappa shape index (κ1) is 11.9. The number of rotatable bonds is 2. The molecule has 4 heteroatoms. The molecule has 1 amide bonds. The topological polar surface area (TPSA) is 52.6 Å². The number of piperidine rings is 1. The van der Waals surface area contributed by atoms with Crippen molar-refractivity contribution in [3.63, 3.8) is 0 Å². The third kappa shape index (κ3) is 2.38. The second kappa shape index (κ2) is 5.15. The van der Waals surface area contributed by atoms with Gasteiger partial charge in [-0.2, -0.15) is 0 Å². The van der Waals surface area contributed by atoms with Gasteiger partial charge in [0.1, 0.15) is 0 Å². The molecular formula is C12H22N2O2. The van der Waals surface area contributed by atoms with Crippen LogP contribution < -0.4 is 5.32 Å². The fraction of sp³-hybridized carbons (Fsp3) is 0.917. The summed E-state index contributed by atoms with van der Waals surface area (Å²) in [7, 11) is 0. The summed E-state index contributed by atoms with van der Waals surface area (Å²) in [5, 5.41) is 12.5. The van der Waals surface area contributed by atoms with E-state index in [9.17, 15) is 9.90 Å². The Kier molecular flexibility index (Phi) is 3.82. The van der Waals surface area contributed by atoms with E-state index in [2.05, 4.69) is 12.2 Å². The summed E-state index contributed by atoms with van der Waals surface area (Å²) in [6.45, 7) is 4.81. The second-order valence-corrected chi connectivity index (χ2v) is 5.17. The molecule has 0 radical (unpaired) electrons. The Balaban J connectivity index is 1.90. The SMILES string of the molecule is C[C@@H]1CN(C(=O)[C@H]2CCCCN2)C[C@H]1CO. The summed E-state index contributed by atoms with van der Waals surface area (Å²) in [5.41, 5.74) is 0. The Bertz CT molecular complexity index is 251. The fourth-order valence-electron chi connectivity index (χ4n) is 2.73. The molecule has 2 aliphatic heterocycles. The third-order valence-corrected chi connectivity index (χ3v) is 3.92. The highest BCUT2D eigenvalue weighted by Gasteiger charge is 2.34. The minimum atomic E-state index is 0.0263. The molecule has 0 unspecified atom stereocenters. The van der Waals surface area contributed by atoms with E-state index in [1.807, 2.05) is 4.90 Å². The molecular weight excluding hydrogens is 204 g/mol. The maximum absolute atomic E-state index is 12.2. The van der Waals surface area contributed by atoms with Gasteiger partial charge in [0.2, 0.25) is 5.91 Å². The molecule has 0 bridgehead atoms. The predicted octanol–water partition coefficient (Wildman–Crippen LogP) is 0.215. The van der Waals surface area contributed by atoms with Gasteiger partial charge in [-0.1, -0.05) is 13.3 Å². The smallest absolute Gasteiger partial charge is 0.239 e.